The number of pyridine rings is 1. The average molecular weight is 365 g/mol. The number of nitrogens with zero attached hydrogens (tertiary/aromatic N) is 2. The lowest BCUT2D eigenvalue weighted by atomic mass is 10.1. The van der Waals surface area contributed by atoms with Gasteiger partial charge in [-0.3, -0.25) is 9.59 Å². The quantitative estimate of drug-likeness (QED) is 0.764. The van der Waals surface area contributed by atoms with Crippen molar-refractivity contribution >= 4 is 27.7 Å². The minimum Gasteiger partial charge on any atom is -0.349 e. The second-order valence-electron chi connectivity index (χ2n) is 8.15. The predicted octanol–water partition coefficient (Wildman–Crippen LogP) is 3.82. The molecular weight excluding hydrogens is 338 g/mol. The van der Waals surface area contributed by atoms with Gasteiger partial charge in [-0.05, 0) is 24.8 Å². The van der Waals surface area contributed by atoms with Crippen LogP contribution < -0.4 is 10.9 Å². The molecule has 5 heteroatoms. The first-order valence-electron chi connectivity index (χ1n) is 9.88. The van der Waals surface area contributed by atoms with E-state index in [9.17, 15) is 9.59 Å². The Bertz CT molecular complexity index is 1070. The van der Waals surface area contributed by atoms with Gasteiger partial charge in [0.25, 0.3) is 11.5 Å². The van der Waals surface area contributed by atoms with Crippen LogP contribution >= 0.6 is 0 Å². The Morgan fingerprint density at radius 2 is 1.93 bits per heavy atom. The number of nitrogens with one attached hydrogen (secondary N) is 1. The molecule has 142 valence electrons. The number of hydrogen-bond acceptors (Lipinski definition) is 2. The van der Waals surface area contributed by atoms with Crippen molar-refractivity contribution in [2.24, 2.45) is 13.0 Å². The first-order chi connectivity index (χ1) is 13.0. The molecule has 1 aliphatic rings. The van der Waals surface area contributed by atoms with Gasteiger partial charge in [0.15, 0.2) is 0 Å². The van der Waals surface area contributed by atoms with Gasteiger partial charge in [-0.2, -0.15) is 0 Å². The number of aromatic nitrogens is 2. The molecule has 0 spiro atoms. The monoisotopic (exact) mass is 365 g/mol. The number of carbonyl (C=O) groups is 1. The first-order valence-corrected chi connectivity index (χ1v) is 9.88. The van der Waals surface area contributed by atoms with Crippen LogP contribution in [0.4, 0.5) is 0 Å². The standard InChI is InChI=1S/C22H27N3O2/c1-14(2)12-25-13-17(21(26)23-15-8-4-5-9-15)19-16-10-6-7-11-18(16)24(3)20(19)22(25)27/h6-7,10-11,13-15H,4-5,8-9,12H2,1-3H3,(H,23,26). The van der Waals surface area contributed by atoms with Gasteiger partial charge >= 0.3 is 0 Å². The highest BCUT2D eigenvalue weighted by Gasteiger charge is 2.24. The highest BCUT2D eigenvalue weighted by atomic mass is 16.2. The Labute approximate surface area is 159 Å². The molecule has 2 aromatic heterocycles. The Balaban J connectivity index is 1.97. The zero-order chi connectivity index (χ0) is 19.1. The smallest absolute Gasteiger partial charge is 0.275 e. The summed E-state index contributed by atoms with van der Waals surface area (Å²) in [5, 5.41) is 4.93. The van der Waals surface area contributed by atoms with Gasteiger partial charge in [-0.25, -0.2) is 0 Å². The Hall–Kier alpha value is -2.56. The lowest BCUT2D eigenvalue weighted by Crippen LogP contribution is -2.34. The van der Waals surface area contributed by atoms with E-state index >= 15 is 0 Å². The Morgan fingerprint density at radius 1 is 1.22 bits per heavy atom. The van der Waals surface area contributed by atoms with E-state index in [4.69, 9.17) is 0 Å². The van der Waals surface area contributed by atoms with E-state index in [0.717, 1.165) is 29.1 Å². The number of carbonyl (C=O) groups excluding carboxylic acids is 1. The molecule has 1 amide bonds. The fourth-order valence-corrected chi connectivity index (χ4v) is 4.37. The summed E-state index contributed by atoms with van der Waals surface area (Å²) in [7, 11) is 1.91. The zero-order valence-electron chi connectivity index (χ0n) is 16.3. The molecule has 0 atom stereocenters. The summed E-state index contributed by atoms with van der Waals surface area (Å²) in [4.78, 5) is 26.4. The summed E-state index contributed by atoms with van der Waals surface area (Å²) in [6.45, 7) is 4.76. The van der Waals surface area contributed by atoms with Crippen LogP contribution in [0.3, 0.4) is 0 Å². The number of aryl methyl sites for hydroxylation is 1. The largest absolute Gasteiger partial charge is 0.349 e. The molecule has 0 unspecified atom stereocenters. The molecule has 1 saturated carbocycles. The molecule has 4 rings (SSSR count). The van der Waals surface area contributed by atoms with E-state index in [1.165, 1.54) is 12.8 Å². The van der Waals surface area contributed by atoms with Crippen molar-refractivity contribution in [1.29, 1.82) is 0 Å². The lowest BCUT2D eigenvalue weighted by Gasteiger charge is -2.15. The highest BCUT2D eigenvalue weighted by Crippen LogP contribution is 2.29. The fraction of sp³-hybridized carbons (Fsp3) is 0.455. The SMILES string of the molecule is CC(C)Cn1cc(C(=O)NC2CCCC2)c2c3ccccc3n(C)c2c1=O. The summed E-state index contributed by atoms with van der Waals surface area (Å²) in [5.74, 6) is 0.251. The number of hydrogen-bond donors (Lipinski definition) is 1. The third-order valence-electron chi connectivity index (χ3n) is 5.62. The molecule has 0 radical (unpaired) electrons. The molecule has 5 nitrogen and oxygen atoms in total. The van der Waals surface area contributed by atoms with E-state index < -0.39 is 0 Å². The summed E-state index contributed by atoms with van der Waals surface area (Å²) < 4.78 is 3.63. The predicted molar refractivity (Wildman–Crippen MR) is 109 cm³/mol. The minimum absolute atomic E-state index is 0.0326. The van der Waals surface area contributed by atoms with Gasteiger partial charge in [0.2, 0.25) is 0 Å². The Morgan fingerprint density at radius 3 is 2.63 bits per heavy atom. The van der Waals surface area contributed by atoms with Gasteiger partial charge in [0.05, 0.1) is 5.56 Å². The second kappa shape index (κ2) is 6.87. The Kier molecular flexibility index (Phi) is 4.54. The average Bonchev–Trinajstić information content (AvgIpc) is 3.24. The molecule has 0 aliphatic heterocycles. The van der Waals surface area contributed by atoms with E-state index in [2.05, 4.69) is 19.2 Å². The van der Waals surface area contributed by atoms with E-state index in [0.29, 0.717) is 23.5 Å². The summed E-state index contributed by atoms with van der Waals surface area (Å²) in [6.07, 6.45) is 6.18. The maximum Gasteiger partial charge on any atom is 0.275 e. The van der Waals surface area contributed by atoms with Gasteiger partial charge in [-0.1, -0.05) is 44.9 Å². The van der Waals surface area contributed by atoms with Gasteiger partial charge in [0.1, 0.15) is 5.52 Å². The summed E-state index contributed by atoms with van der Waals surface area (Å²) in [5.41, 5.74) is 2.15. The van der Waals surface area contributed by atoms with E-state index in [1.807, 2.05) is 35.9 Å². The topological polar surface area (TPSA) is 56.0 Å². The van der Waals surface area contributed by atoms with Crippen LogP contribution in [0.1, 0.15) is 49.9 Å². The number of amides is 1. The number of benzene rings is 1. The maximum atomic E-state index is 13.2. The van der Waals surface area contributed by atoms with Crippen molar-refractivity contribution in [3.8, 4) is 0 Å². The third kappa shape index (κ3) is 3.05. The lowest BCUT2D eigenvalue weighted by molar-refractivity contribution is 0.0938. The van der Waals surface area contributed by atoms with E-state index in [1.54, 1.807) is 10.8 Å². The van der Waals surface area contributed by atoms with Crippen LogP contribution in [-0.4, -0.2) is 21.1 Å². The number of rotatable bonds is 4. The summed E-state index contributed by atoms with van der Waals surface area (Å²) in [6, 6.07) is 8.16. The van der Waals surface area contributed by atoms with Crippen LogP contribution in [0.15, 0.2) is 35.3 Å². The molecule has 1 aromatic carbocycles. The number of para-hydroxylation sites is 1. The van der Waals surface area contributed by atoms with Crippen molar-refractivity contribution in [2.75, 3.05) is 0 Å². The van der Waals surface area contributed by atoms with Gasteiger partial charge in [0, 0.05) is 42.1 Å². The summed E-state index contributed by atoms with van der Waals surface area (Å²) >= 11 is 0. The second-order valence-corrected chi connectivity index (χ2v) is 8.15. The molecule has 2 heterocycles. The minimum atomic E-state index is -0.0687. The van der Waals surface area contributed by atoms with Crippen LogP contribution in [0, 0.1) is 5.92 Å². The van der Waals surface area contributed by atoms with Gasteiger partial charge < -0.3 is 14.5 Å². The maximum absolute atomic E-state index is 13.2. The van der Waals surface area contributed by atoms with Crippen molar-refractivity contribution in [2.45, 2.75) is 52.1 Å². The van der Waals surface area contributed by atoms with E-state index in [-0.39, 0.29) is 17.5 Å². The molecule has 0 bridgehead atoms. The fourth-order valence-electron chi connectivity index (χ4n) is 4.37. The molecule has 1 N–H and O–H groups in total. The molecular formula is C22H27N3O2. The van der Waals surface area contributed by atoms with Crippen LogP contribution in [0.2, 0.25) is 0 Å². The van der Waals surface area contributed by atoms with Crippen molar-refractivity contribution in [1.82, 2.24) is 14.5 Å². The molecule has 3 aromatic rings. The van der Waals surface area contributed by atoms with Crippen LogP contribution in [-0.2, 0) is 13.6 Å². The third-order valence-corrected chi connectivity index (χ3v) is 5.62. The molecule has 1 fully saturated rings. The molecule has 27 heavy (non-hydrogen) atoms. The number of fused-ring (bicyclic) bond motifs is 3. The van der Waals surface area contributed by atoms with Crippen molar-refractivity contribution < 1.29 is 4.79 Å². The normalized spacial score (nSPS) is 15.3. The van der Waals surface area contributed by atoms with Crippen LogP contribution in [0.25, 0.3) is 21.8 Å². The highest BCUT2D eigenvalue weighted by molar-refractivity contribution is 6.17. The molecule has 0 saturated heterocycles. The molecule has 1 aliphatic carbocycles. The zero-order valence-corrected chi connectivity index (χ0v) is 16.3. The van der Waals surface area contributed by atoms with Crippen LogP contribution in [0.5, 0.6) is 0 Å². The van der Waals surface area contributed by atoms with Gasteiger partial charge in [-0.15, -0.1) is 0 Å². The van der Waals surface area contributed by atoms with Crippen molar-refractivity contribution in [3.63, 3.8) is 0 Å². The van der Waals surface area contributed by atoms with Crippen molar-refractivity contribution in [3.05, 3.63) is 46.4 Å². The first kappa shape index (κ1) is 17.8.